The van der Waals surface area contributed by atoms with Gasteiger partial charge in [0.15, 0.2) is 5.69 Å². The smallest absolute Gasteiger partial charge is 0.356 e. The van der Waals surface area contributed by atoms with Gasteiger partial charge in [0.1, 0.15) is 22.1 Å². The number of H-pyrrole nitrogens is 1. The van der Waals surface area contributed by atoms with Gasteiger partial charge in [-0.15, -0.1) is 0 Å². The minimum absolute atomic E-state index is 0.0814. The van der Waals surface area contributed by atoms with E-state index in [0.29, 0.717) is 21.5 Å². The molecule has 0 saturated carbocycles. The average molecular weight is 357 g/mol. The molecule has 0 spiro atoms. The number of rotatable bonds is 5. The van der Waals surface area contributed by atoms with Crippen LogP contribution in [0.5, 0.6) is 11.5 Å². The summed E-state index contributed by atoms with van der Waals surface area (Å²) in [6.07, 6.45) is -0.0108. The number of benzene rings is 1. The zero-order chi connectivity index (χ0) is 15.6. The van der Waals surface area contributed by atoms with Gasteiger partial charge in [0.05, 0.1) is 26.2 Å². The van der Waals surface area contributed by atoms with E-state index < -0.39 is 12.1 Å². The number of nitrogens with zero attached hydrogens (tertiary/aromatic N) is 1. The number of nitrogens with one attached hydrogen (secondary N) is 1. The Balaban J connectivity index is 2.53. The summed E-state index contributed by atoms with van der Waals surface area (Å²) in [6, 6.07) is 3.24. The summed E-state index contributed by atoms with van der Waals surface area (Å²) in [4.78, 5) is 17.4. The third kappa shape index (κ3) is 2.72. The monoisotopic (exact) mass is 356 g/mol. The van der Waals surface area contributed by atoms with Gasteiger partial charge in [-0.05, 0) is 28.1 Å². The van der Waals surface area contributed by atoms with Crippen LogP contribution in [0.1, 0.15) is 27.8 Å². The first-order valence-corrected chi connectivity index (χ1v) is 6.65. The molecule has 0 aliphatic heterocycles. The molecule has 1 heterocycles. The highest BCUT2D eigenvalue weighted by molar-refractivity contribution is 9.10. The predicted molar refractivity (Wildman–Crippen MR) is 76.9 cm³/mol. The van der Waals surface area contributed by atoms with Crippen molar-refractivity contribution in [1.82, 2.24) is 9.97 Å². The minimum Gasteiger partial charge on any atom is -0.495 e. The number of carboxylic acids is 1. The summed E-state index contributed by atoms with van der Waals surface area (Å²) >= 11 is 3.33. The van der Waals surface area contributed by atoms with Crippen LogP contribution in [0.25, 0.3) is 0 Å². The Kier molecular flexibility index (Phi) is 4.49. The summed E-state index contributed by atoms with van der Waals surface area (Å²) in [5.74, 6) is -0.337. The lowest BCUT2D eigenvalue weighted by molar-refractivity contribution is 0.0685. The van der Waals surface area contributed by atoms with Gasteiger partial charge in [-0.25, -0.2) is 9.78 Å². The second-order valence-corrected chi connectivity index (χ2v) is 4.87. The van der Waals surface area contributed by atoms with Crippen LogP contribution in [0, 0.1) is 0 Å². The van der Waals surface area contributed by atoms with Gasteiger partial charge >= 0.3 is 5.97 Å². The van der Waals surface area contributed by atoms with E-state index in [4.69, 9.17) is 14.6 Å². The standard InChI is InChI=1S/C13H13BrN2O5/c1-20-7-4-3-6(12(21-2)8(7)14)11(17)9-10(13(18)19)16-5-15-9/h3-5,11,17H,1-2H3,(H,15,16)(H,18,19). The third-order valence-electron chi connectivity index (χ3n) is 2.96. The lowest BCUT2D eigenvalue weighted by atomic mass is 10.0. The molecule has 112 valence electrons. The number of carbonyl (C=O) groups is 1. The first-order valence-electron chi connectivity index (χ1n) is 5.86. The van der Waals surface area contributed by atoms with E-state index in [-0.39, 0.29) is 11.4 Å². The van der Waals surface area contributed by atoms with E-state index in [1.807, 2.05) is 0 Å². The van der Waals surface area contributed by atoms with Crippen LogP contribution in [0.2, 0.25) is 0 Å². The predicted octanol–water partition coefficient (Wildman–Crippen LogP) is 1.97. The Hall–Kier alpha value is -2.06. The van der Waals surface area contributed by atoms with Gasteiger partial charge in [0, 0.05) is 5.56 Å². The summed E-state index contributed by atoms with van der Waals surface area (Å²) in [5.41, 5.74) is 0.228. The van der Waals surface area contributed by atoms with Crippen molar-refractivity contribution in [2.45, 2.75) is 6.10 Å². The molecule has 0 fully saturated rings. The van der Waals surface area contributed by atoms with Crippen molar-refractivity contribution in [3.05, 3.63) is 39.9 Å². The number of halogens is 1. The van der Waals surface area contributed by atoms with Crippen molar-refractivity contribution in [1.29, 1.82) is 0 Å². The summed E-state index contributed by atoms with van der Waals surface area (Å²) < 4.78 is 10.9. The number of hydrogen-bond acceptors (Lipinski definition) is 5. The first-order chi connectivity index (χ1) is 10.0. The lowest BCUT2D eigenvalue weighted by Crippen LogP contribution is -2.09. The number of aromatic nitrogens is 2. The van der Waals surface area contributed by atoms with E-state index in [1.165, 1.54) is 20.5 Å². The van der Waals surface area contributed by atoms with E-state index in [2.05, 4.69) is 25.9 Å². The van der Waals surface area contributed by atoms with E-state index >= 15 is 0 Å². The lowest BCUT2D eigenvalue weighted by Gasteiger charge is -2.17. The maximum atomic E-state index is 11.1. The summed E-state index contributed by atoms with van der Waals surface area (Å²) in [5, 5.41) is 19.5. The summed E-state index contributed by atoms with van der Waals surface area (Å²) in [6.45, 7) is 0. The molecule has 0 bridgehead atoms. The van der Waals surface area contributed by atoms with Crippen LogP contribution >= 0.6 is 15.9 Å². The zero-order valence-electron chi connectivity index (χ0n) is 11.3. The minimum atomic E-state index is -1.23. The zero-order valence-corrected chi connectivity index (χ0v) is 12.8. The fourth-order valence-electron chi connectivity index (χ4n) is 1.97. The molecule has 2 aromatic rings. The normalized spacial score (nSPS) is 12.0. The Bertz CT molecular complexity index is 671. The third-order valence-corrected chi connectivity index (χ3v) is 3.71. The van der Waals surface area contributed by atoms with Crippen molar-refractivity contribution in [2.24, 2.45) is 0 Å². The molecule has 0 aliphatic rings. The van der Waals surface area contributed by atoms with Crippen molar-refractivity contribution in [3.63, 3.8) is 0 Å². The van der Waals surface area contributed by atoms with Gasteiger partial charge in [0.2, 0.25) is 0 Å². The van der Waals surface area contributed by atoms with Crippen LogP contribution in [0.3, 0.4) is 0 Å². The van der Waals surface area contributed by atoms with E-state index in [1.54, 1.807) is 12.1 Å². The highest BCUT2D eigenvalue weighted by Gasteiger charge is 2.25. The fourth-order valence-corrected chi connectivity index (χ4v) is 2.66. The number of aliphatic hydroxyl groups is 1. The van der Waals surface area contributed by atoms with Crippen LogP contribution < -0.4 is 9.47 Å². The second kappa shape index (κ2) is 6.15. The summed E-state index contributed by atoms with van der Waals surface area (Å²) in [7, 11) is 2.95. The number of aliphatic hydroxyl groups excluding tert-OH is 1. The number of ether oxygens (including phenoxy) is 2. The number of aromatic amines is 1. The highest BCUT2D eigenvalue weighted by Crippen LogP contribution is 2.41. The van der Waals surface area contributed by atoms with Gasteiger partial charge in [-0.1, -0.05) is 0 Å². The fraction of sp³-hybridized carbons (Fsp3) is 0.231. The molecule has 0 saturated heterocycles. The maximum absolute atomic E-state index is 11.1. The van der Waals surface area contributed by atoms with Gasteiger partial charge in [-0.3, -0.25) is 0 Å². The topological polar surface area (TPSA) is 105 Å². The SMILES string of the molecule is COc1ccc(C(O)c2[nH]cnc2C(=O)O)c(OC)c1Br. The Morgan fingerprint density at radius 2 is 2.10 bits per heavy atom. The van der Waals surface area contributed by atoms with Crippen molar-refractivity contribution >= 4 is 21.9 Å². The van der Waals surface area contributed by atoms with Crippen LogP contribution in [0.4, 0.5) is 0 Å². The highest BCUT2D eigenvalue weighted by atomic mass is 79.9. The van der Waals surface area contributed by atoms with E-state index in [0.717, 1.165) is 0 Å². The Morgan fingerprint density at radius 3 is 2.67 bits per heavy atom. The number of methoxy groups -OCH3 is 2. The molecule has 1 aromatic heterocycles. The molecule has 1 unspecified atom stereocenters. The number of carboxylic acid groups (broad SMARTS) is 1. The number of imidazole rings is 1. The molecule has 21 heavy (non-hydrogen) atoms. The quantitative estimate of drug-likeness (QED) is 0.756. The second-order valence-electron chi connectivity index (χ2n) is 4.08. The number of aromatic carboxylic acids is 1. The molecule has 7 nitrogen and oxygen atoms in total. The maximum Gasteiger partial charge on any atom is 0.356 e. The number of hydrogen-bond donors (Lipinski definition) is 3. The molecular weight excluding hydrogens is 344 g/mol. The first kappa shape index (κ1) is 15.3. The molecule has 0 radical (unpaired) electrons. The Labute approximate surface area is 128 Å². The average Bonchev–Trinajstić information content (AvgIpc) is 2.95. The van der Waals surface area contributed by atoms with Gasteiger partial charge < -0.3 is 24.7 Å². The van der Waals surface area contributed by atoms with Crippen molar-refractivity contribution < 1.29 is 24.5 Å². The molecule has 2 rings (SSSR count). The van der Waals surface area contributed by atoms with Crippen LogP contribution in [0.15, 0.2) is 22.9 Å². The van der Waals surface area contributed by atoms with E-state index in [9.17, 15) is 9.90 Å². The largest absolute Gasteiger partial charge is 0.495 e. The molecule has 3 N–H and O–H groups in total. The molecule has 0 aliphatic carbocycles. The van der Waals surface area contributed by atoms with Gasteiger partial charge in [0.25, 0.3) is 0 Å². The molecule has 8 heteroatoms. The van der Waals surface area contributed by atoms with Crippen molar-refractivity contribution in [3.8, 4) is 11.5 Å². The molecular formula is C13H13BrN2O5. The van der Waals surface area contributed by atoms with Crippen molar-refractivity contribution in [2.75, 3.05) is 14.2 Å². The Morgan fingerprint density at radius 1 is 1.38 bits per heavy atom. The molecule has 1 aromatic carbocycles. The van der Waals surface area contributed by atoms with Gasteiger partial charge in [-0.2, -0.15) is 0 Å². The van der Waals surface area contributed by atoms with Crippen LogP contribution in [-0.4, -0.2) is 40.4 Å². The molecule has 1 atom stereocenters. The van der Waals surface area contributed by atoms with Crippen LogP contribution in [-0.2, 0) is 0 Å². The molecule has 0 amide bonds.